The summed E-state index contributed by atoms with van der Waals surface area (Å²) >= 11 is 7.44. The van der Waals surface area contributed by atoms with Gasteiger partial charge in [0.25, 0.3) is 5.22 Å². The first-order valence-electron chi connectivity index (χ1n) is 8.84. The monoisotopic (exact) mass is 442 g/mol. The molecule has 11 heteroatoms. The molecule has 150 valence electrons. The molecule has 1 aromatic carbocycles. The van der Waals surface area contributed by atoms with Crippen molar-refractivity contribution in [3.63, 3.8) is 0 Å². The highest BCUT2D eigenvalue weighted by molar-refractivity contribution is 7.98. The van der Waals surface area contributed by atoms with Gasteiger partial charge in [-0.2, -0.15) is 0 Å². The summed E-state index contributed by atoms with van der Waals surface area (Å²) in [6.07, 6.45) is 1.12. The van der Waals surface area contributed by atoms with Crippen LogP contribution in [0.3, 0.4) is 0 Å². The predicted octanol–water partition coefficient (Wildman–Crippen LogP) is 2.33. The molecule has 1 aliphatic rings. The van der Waals surface area contributed by atoms with Gasteiger partial charge >= 0.3 is 0 Å². The Morgan fingerprint density at radius 2 is 2.21 bits per heavy atom. The number of sulfone groups is 1. The lowest BCUT2D eigenvalue weighted by atomic mass is 10.1. The molecule has 0 bridgehead atoms. The van der Waals surface area contributed by atoms with Gasteiger partial charge in [0.1, 0.15) is 5.82 Å². The molecule has 1 fully saturated rings. The standard InChI is InChI=1S/C17H19ClN4O4S2/c18-12-1-2-13-14(8-12)22(4-5-23)15(19-13)9-27-17-21-20-16(26-17)7-11-3-6-28(24,25)10-11/h1-2,8,11,23H,3-7,9-10H2/t11-/m1/s1. The van der Waals surface area contributed by atoms with E-state index in [0.29, 0.717) is 41.3 Å². The van der Waals surface area contributed by atoms with Gasteiger partial charge in [0.2, 0.25) is 5.89 Å². The first kappa shape index (κ1) is 19.7. The van der Waals surface area contributed by atoms with E-state index in [1.807, 2.05) is 16.7 Å². The van der Waals surface area contributed by atoms with Crippen molar-refractivity contribution in [2.45, 2.75) is 30.4 Å². The number of hydrogen-bond acceptors (Lipinski definition) is 8. The van der Waals surface area contributed by atoms with Gasteiger partial charge in [0.05, 0.1) is 34.9 Å². The van der Waals surface area contributed by atoms with E-state index in [2.05, 4.69) is 15.2 Å². The lowest BCUT2D eigenvalue weighted by Gasteiger charge is -2.06. The maximum absolute atomic E-state index is 11.6. The largest absolute Gasteiger partial charge is 0.416 e. The van der Waals surface area contributed by atoms with E-state index in [1.54, 1.807) is 6.07 Å². The Labute approximate surface area is 171 Å². The number of benzene rings is 1. The van der Waals surface area contributed by atoms with Crippen molar-refractivity contribution in [2.75, 3.05) is 18.1 Å². The third-order valence-corrected chi connectivity index (χ3v) is 7.56. The highest BCUT2D eigenvalue weighted by atomic mass is 35.5. The highest BCUT2D eigenvalue weighted by Crippen LogP contribution is 2.27. The zero-order chi connectivity index (χ0) is 19.7. The second-order valence-electron chi connectivity index (χ2n) is 6.76. The molecular formula is C17H19ClN4O4S2. The molecule has 1 atom stereocenters. The van der Waals surface area contributed by atoms with Gasteiger partial charge in [-0.25, -0.2) is 13.4 Å². The fourth-order valence-electron chi connectivity index (χ4n) is 3.39. The molecule has 0 spiro atoms. The summed E-state index contributed by atoms with van der Waals surface area (Å²) in [5.41, 5.74) is 1.67. The first-order chi connectivity index (χ1) is 13.4. The summed E-state index contributed by atoms with van der Waals surface area (Å²) in [7, 11) is -2.92. The van der Waals surface area contributed by atoms with Gasteiger partial charge in [0, 0.05) is 18.0 Å². The minimum absolute atomic E-state index is 0.00928. The molecule has 0 amide bonds. The second-order valence-corrected chi connectivity index (χ2v) is 10.4. The Morgan fingerprint density at radius 3 is 2.96 bits per heavy atom. The summed E-state index contributed by atoms with van der Waals surface area (Å²) in [5.74, 6) is 2.19. The average molecular weight is 443 g/mol. The number of thioether (sulfide) groups is 1. The van der Waals surface area contributed by atoms with Crippen LogP contribution in [0.15, 0.2) is 27.8 Å². The Morgan fingerprint density at radius 1 is 1.36 bits per heavy atom. The summed E-state index contributed by atoms with van der Waals surface area (Å²) in [6.45, 7) is 0.405. The number of imidazole rings is 1. The van der Waals surface area contributed by atoms with E-state index in [1.165, 1.54) is 11.8 Å². The topological polar surface area (TPSA) is 111 Å². The number of hydrogen-bond donors (Lipinski definition) is 1. The average Bonchev–Trinajstić information content (AvgIpc) is 3.32. The molecule has 0 radical (unpaired) electrons. The van der Waals surface area contributed by atoms with E-state index in [0.717, 1.165) is 16.9 Å². The minimum Gasteiger partial charge on any atom is -0.416 e. The van der Waals surface area contributed by atoms with E-state index in [4.69, 9.17) is 16.0 Å². The van der Waals surface area contributed by atoms with Crippen molar-refractivity contribution < 1.29 is 17.9 Å². The number of nitrogens with zero attached hydrogens (tertiary/aromatic N) is 4. The predicted molar refractivity (Wildman–Crippen MR) is 106 cm³/mol. The molecule has 0 aliphatic carbocycles. The van der Waals surface area contributed by atoms with Crippen LogP contribution in [-0.2, 0) is 28.6 Å². The molecule has 4 rings (SSSR count). The van der Waals surface area contributed by atoms with Crippen LogP contribution in [0.25, 0.3) is 11.0 Å². The minimum atomic E-state index is -2.92. The highest BCUT2D eigenvalue weighted by Gasteiger charge is 2.29. The Kier molecular flexibility index (Phi) is 5.64. The van der Waals surface area contributed by atoms with E-state index >= 15 is 0 Å². The quantitative estimate of drug-likeness (QED) is 0.555. The first-order valence-corrected chi connectivity index (χ1v) is 12.0. The molecule has 0 saturated carbocycles. The van der Waals surface area contributed by atoms with Crippen LogP contribution in [0.4, 0.5) is 0 Å². The van der Waals surface area contributed by atoms with Crippen LogP contribution in [-0.4, -0.2) is 51.4 Å². The molecule has 2 aromatic heterocycles. The molecule has 3 aromatic rings. The smallest absolute Gasteiger partial charge is 0.277 e. The molecule has 1 aliphatic heterocycles. The van der Waals surface area contributed by atoms with Gasteiger partial charge in [-0.15, -0.1) is 10.2 Å². The van der Waals surface area contributed by atoms with Crippen molar-refractivity contribution in [3.05, 3.63) is 34.9 Å². The van der Waals surface area contributed by atoms with Gasteiger partial charge in [-0.05, 0) is 30.5 Å². The van der Waals surface area contributed by atoms with Crippen LogP contribution < -0.4 is 0 Å². The maximum atomic E-state index is 11.6. The fourth-order valence-corrected chi connectivity index (χ4v) is 6.15. The normalized spacial score (nSPS) is 18.9. The van der Waals surface area contributed by atoms with Gasteiger partial charge < -0.3 is 14.1 Å². The zero-order valence-electron chi connectivity index (χ0n) is 14.9. The van der Waals surface area contributed by atoms with Crippen LogP contribution in [0, 0.1) is 5.92 Å². The van der Waals surface area contributed by atoms with Crippen molar-refractivity contribution in [2.24, 2.45) is 5.92 Å². The fraction of sp³-hybridized carbons (Fsp3) is 0.471. The second kappa shape index (κ2) is 8.02. The summed E-state index contributed by atoms with van der Waals surface area (Å²) in [5, 5.41) is 18.5. The van der Waals surface area contributed by atoms with Crippen molar-refractivity contribution in [3.8, 4) is 0 Å². The molecule has 1 saturated heterocycles. The van der Waals surface area contributed by atoms with Crippen molar-refractivity contribution in [1.82, 2.24) is 19.7 Å². The number of rotatable bonds is 7. The van der Waals surface area contributed by atoms with E-state index in [9.17, 15) is 13.5 Å². The lowest BCUT2D eigenvalue weighted by molar-refractivity contribution is 0.276. The third kappa shape index (κ3) is 4.35. The number of fused-ring (bicyclic) bond motifs is 1. The Bertz CT molecular complexity index is 1100. The number of aliphatic hydroxyl groups is 1. The van der Waals surface area contributed by atoms with Crippen molar-refractivity contribution >= 4 is 44.2 Å². The maximum Gasteiger partial charge on any atom is 0.277 e. The molecular weight excluding hydrogens is 424 g/mol. The Hall–Kier alpha value is -1.62. The third-order valence-electron chi connectivity index (χ3n) is 4.68. The summed E-state index contributed by atoms with van der Waals surface area (Å²) in [4.78, 5) is 4.61. The molecule has 28 heavy (non-hydrogen) atoms. The summed E-state index contributed by atoms with van der Waals surface area (Å²) in [6, 6.07) is 5.46. The SMILES string of the molecule is O=S1(=O)CC[C@H](Cc2nnc(SCc3nc4ccc(Cl)cc4n3CCO)o2)C1. The molecule has 0 unspecified atom stereocenters. The van der Waals surface area contributed by atoms with Crippen LogP contribution in [0.1, 0.15) is 18.1 Å². The van der Waals surface area contributed by atoms with Crippen molar-refractivity contribution in [1.29, 1.82) is 0 Å². The van der Waals surface area contributed by atoms with Gasteiger partial charge in [-0.1, -0.05) is 23.4 Å². The van der Waals surface area contributed by atoms with Crippen LogP contribution in [0.2, 0.25) is 5.02 Å². The molecule has 8 nitrogen and oxygen atoms in total. The number of aliphatic hydroxyl groups excluding tert-OH is 1. The van der Waals surface area contributed by atoms with E-state index in [-0.39, 0.29) is 24.0 Å². The van der Waals surface area contributed by atoms with Gasteiger partial charge in [0.15, 0.2) is 9.84 Å². The Balaban J connectivity index is 1.45. The van der Waals surface area contributed by atoms with Crippen LogP contribution in [0.5, 0.6) is 0 Å². The van der Waals surface area contributed by atoms with Gasteiger partial charge in [-0.3, -0.25) is 0 Å². The molecule has 1 N–H and O–H groups in total. The lowest BCUT2D eigenvalue weighted by Crippen LogP contribution is -2.07. The zero-order valence-corrected chi connectivity index (χ0v) is 17.3. The number of halogens is 1. The number of aromatic nitrogens is 4. The van der Waals surface area contributed by atoms with Crippen LogP contribution >= 0.6 is 23.4 Å². The van der Waals surface area contributed by atoms with E-state index < -0.39 is 9.84 Å². The molecule has 3 heterocycles. The summed E-state index contributed by atoms with van der Waals surface area (Å²) < 4.78 is 30.7.